The van der Waals surface area contributed by atoms with Crippen molar-refractivity contribution in [3.05, 3.63) is 24.3 Å². The number of rotatable bonds is 62. The van der Waals surface area contributed by atoms with Gasteiger partial charge in [-0.15, -0.1) is 0 Å². The molecule has 0 saturated carbocycles. The van der Waals surface area contributed by atoms with Crippen LogP contribution in [-0.2, 0) is 28.6 Å². The number of unbranched alkanes of at least 4 members (excludes halogenated alkanes) is 47. The van der Waals surface area contributed by atoms with E-state index in [0.717, 1.165) is 64.2 Å². The third-order valence-corrected chi connectivity index (χ3v) is 15.2. The minimum Gasteiger partial charge on any atom is -0.462 e. The number of hydrogen-bond donors (Lipinski definition) is 0. The number of esters is 3. The molecule has 0 amide bonds. The SMILES string of the molecule is CCCCCCC/C=C\C/C=C\CCCCCCCCCCCCCCCC(=O)OCC(COC(=O)CCCCCCCCCCC)OC(=O)CCCCCCCCCCCCCCCCCCCCCCCC. The largest absolute Gasteiger partial charge is 0.462 e. The van der Waals surface area contributed by atoms with E-state index in [1.54, 1.807) is 0 Å². The second kappa shape index (κ2) is 63.4. The zero-order chi connectivity index (χ0) is 53.6. The Labute approximate surface area is 462 Å². The molecule has 0 saturated heterocycles. The van der Waals surface area contributed by atoms with Gasteiger partial charge in [0.25, 0.3) is 0 Å². The first-order valence-electron chi connectivity index (χ1n) is 33.3. The highest BCUT2D eigenvalue weighted by Crippen LogP contribution is 2.18. The zero-order valence-corrected chi connectivity index (χ0v) is 50.1. The predicted molar refractivity (Wildman–Crippen MR) is 321 cm³/mol. The van der Waals surface area contributed by atoms with Crippen LogP contribution in [0.1, 0.15) is 374 Å². The van der Waals surface area contributed by atoms with Crippen molar-refractivity contribution >= 4 is 17.9 Å². The van der Waals surface area contributed by atoms with Crippen LogP contribution < -0.4 is 0 Å². The number of carbonyl (C=O) groups excluding carboxylic acids is 3. The molecule has 0 N–H and O–H groups in total. The molecule has 6 nitrogen and oxygen atoms in total. The van der Waals surface area contributed by atoms with E-state index >= 15 is 0 Å². The molecule has 0 fully saturated rings. The van der Waals surface area contributed by atoms with Crippen molar-refractivity contribution in [2.24, 2.45) is 0 Å². The normalized spacial score (nSPS) is 12.1. The molecule has 6 heteroatoms. The summed E-state index contributed by atoms with van der Waals surface area (Å²) in [6.45, 7) is 6.68. The average molecular weight is 1040 g/mol. The molecule has 0 radical (unpaired) electrons. The van der Waals surface area contributed by atoms with E-state index in [-0.39, 0.29) is 31.1 Å². The fourth-order valence-electron chi connectivity index (χ4n) is 10.2. The van der Waals surface area contributed by atoms with E-state index in [1.807, 2.05) is 0 Å². The summed E-state index contributed by atoms with van der Waals surface area (Å²) in [7, 11) is 0. The Morgan fingerprint density at radius 2 is 0.486 bits per heavy atom. The summed E-state index contributed by atoms with van der Waals surface area (Å²) in [6.07, 6.45) is 76.4. The summed E-state index contributed by atoms with van der Waals surface area (Å²) < 4.78 is 16.9. The lowest BCUT2D eigenvalue weighted by Gasteiger charge is -2.18. The van der Waals surface area contributed by atoms with E-state index < -0.39 is 6.10 Å². The van der Waals surface area contributed by atoms with Crippen molar-refractivity contribution in [2.75, 3.05) is 13.2 Å². The van der Waals surface area contributed by atoms with Crippen LogP contribution in [0.25, 0.3) is 0 Å². The number of allylic oxidation sites excluding steroid dienone is 4. The fourth-order valence-corrected chi connectivity index (χ4v) is 10.2. The van der Waals surface area contributed by atoms with Crippen LogP contribution in [-0.4, -0.2) is 37.2 Å². The summed E-state index contributed by atoms with van der Waals surface area (Å²) in [5, 5.41) is 0. The van der Waals surface area contributed by atoms with Crippen LogP contribution in [0, 0.1) is 0 Å². The van der Waals surface area contributed by atoms with Crippen molar-refractivity contribution in [2.45, 2.75) is 380 Å². The van der Waals surface area contributed by atoms with Crippen LogP contribution in [0.4, 0.5) is 0 Å². The van der Waals surface area contributed by atoms with Crippen LogP contribution in [0.5, 0.6) is 0 Å². The first-order valence-corrected chi connectivity index (χ1v) is 33.3. The summed E-state index contributed by atoms with van der Waals surface area (Å²) in [5.41, 5.74) is 0. The second-order valence-corrected chi connectivity index (χ2v) is 22.7. The zero-order valence-electron chi connectivity index (χ0n) is 50.1. The van der Waals surface area contributed by atoms with Crippen LogP contribution in [0.2, 0.25) is 0 Å². The molecule has 0 heterocycles. The molecule has 0 spiro atoms. The smallest absolute Gasteiger partial charge is 0.306 e. The molecule has 0 aromatic heterocycles. The maximum Gasteiger partial charge on any atom is 0.306 e. The third-order valence-electron chi connectivity index (χ3n) is 15.2. The highest BCUT2D eigenvalue weighted by molar-refractivity contribution is 5.71. The molecule has 0 aromatic carbocycles. The molecule has 74 heavy (non-hydrogen) atoms. The Hall–Kier alpha value is -2.11. The van der Waals surface area contributed by atoms with Gasteiger partial charge in [0, 0.05) is 19.3 Å². The van der Waals surface area contributed by atoms with Crippen molar-refractivity contribution in [1.82, 2.24) is 0 Å². The molecule has 0 aliphatic carbocycles. The second-order valence-electron chi connectivity index (χ2n) is 22.7. The van der Waals surface area contributed by atoms with E-state index in [0.29, 0.717) is 19.3 Å². The standard InChI is InChI=1S/C68H128O6/c1-4-7-10-13-16-19-21-23-25-27-29-31-33-34-35-37-38-40-42-44-46-49-52-55-58-61-67(70)73-64-65(63-72-66(69)60-57-54-51-48-18-15-12-9-6-3)74-68(71)62-59-56-53-50-47-45-43-41-39-36-32-30-28-26-24-22-20-17-14-11-8-5-2/h21,23,27,29,65H,4-20,22,24-26,28,30-64H2,1-3H3/b23-21-,29-27-. The summed E-state index contributed by atoms with van der Waals surface area (Å²) in [6, 6.07) is 0. The van der Waals surface area contributed by atoms with E-state index in [9.17, 15) is 14.4 Å². The van der Waals surface area contributed by atoms with E-state index in [1.165, 1.54) is 270 Å². The Balaban J connectivity index is 4.13. The van der Waals surface area contributed by atoms with Gasteiger partial charge in [-0.1, -0.05) is 328 Å². The Morgan fingerprint density at radius 3 is 0.743 bits per heavy atom. The number of carbonyl (C=O) groups is 3. The van der Waals surface area contributed by atoms with Gasteiger partial charge in [-0.05, 0) is 51.4 Å². The van der Waals surface area contributed by atoms with E-state index in [2.05, 4.69) is 45.1 Å². The van der Waals surface area contributed by atoms with Crippen LogP contribution in [0.3, 0.4) is 0 Å². The fraction of sp³-hybridized carbons (Fsp3) is 0.897. The molecule has 1 atom stereocenters. The van der Waals surface area contributed by atoms with Crippen molar-refractivity contribution in [3.8, 4) is 0 Å². The predicted octanol–water partition coefficient (Wildman–Crippen LogP) is 22.6. The van der Waals surface area contributed by atoms with Gasteiger partial charge >= 0.3 is 17.9 Å². The lowest BCUT2D eigenvalue weighted by Crippen LogP contribution is -2.30. The third kappa shape index (κ3) is 60.8. The molecule has 1 unspecified atom stereocenters. The maximum absolute atomic E-state index is 12.9. The number of hydrogen-bond acceptors (Lipinski definition) is 6. The van der Waals surface area contributed by atoms with Gasteiger partial charge in [-0.25, -0.2) is 0 Å². The first kappa shape index (κ1) is 71.9. The molecule has 0 rings (SSSR count). The van der Waals surface area contributed by atoms with Crippen molar-refractivity contribution in [3.63, 3.8) is 0 Å². The summed E-state index contributed by atoms with van der Waals surface area (Å²) >= 11 is 0. The number of ether oxygens (including phenoxy) is 3. The minimum absolute atomic E-state index is 0.0652. The maximum atomic E-state index is 12.9. The van der Waals surface area contributed by atoms with Gasteiger partial charge in [0.1, 0.15) is 13.2 Å². The van der Waals surface area contributed by atoms with Gasteiger partial charge in [-0.2, -0.15) is 0 Å². The Kier molecular flexibility index (Phi) is 61.6. The molecule has 0 aliphatic rings. The van der Waals surface area contributed by atoms with Gasteiger partial charge in [0.05, 0.1) is 0 Å². The van der Waals surface area contributed by atoms with Crippen LogP contribution in [0.15, 0.2) is 24.3 Å². The lowest BCUT2D eigenvalue weighted by atomic mass is 10.0. The van der Waals surface area contributed by atoms with Crippen LogP contribution >= 0.6 is 0 Å². The molecule has 0 aliphatic heterocycles. The quantitative estimate of drug-likeness (QED) is 0.0261. The first-order chi connectivity index (χ1) is 36.5. The highest BCUT2D eigenvalue weighted by Gasteiger charge is 2.19. The van der Waals surface area contributed by atoms with Crippen molar-refractivity contribution < 1.29 is 28.6 Å². The molecule has 0 aromatic rings. The average Bonchev–Trinajstić information content (AvgIpc) is 3.40. The topological polar surface area (TPSA) is 78.9 Å². The molecule has 436 valence electrons. The van der Waals surface area contributed by atoms with Gasteiger partial charge in [0.2, 0.25) is 0 Å². The Bertz CT molecular complexity index is 1190. The minimum atomic E-state index is -0.766. The lowest BCUT2D eigenvalue weighted by molar-refractivity contribution is -0.167. The summed E-state index contributed by atoms with van der Waals surface area (Å²) in [4.78, 5) is 38.2. The monoisotopic (exact) mass is 1040 g/mol. The van der Waals surface area contributed by atoms with Gasteiger partial charge in [0.15, 0.2) is 6.10 Å². The van der Waals surface area contributed by atoms with Gasteiger partial charge < -0.3 is 14.2 Å². The Morgan fingerprint density at radius 1 is 0.270 bits per heavy atom. The van der Waals surface area contributed by atoms with E-state index in [4.69, 9.17) is 14.2 Å². The summed E-state index contributed by atoms with van der Waals surface area (Å²) in [5.74, 6) is -0.841. The molecular weight excluding hydrogens is 913 g/mol. The molecule has 0 bridgehead atoms. The highest BCUT2D eigenvalue weighted by atomic mass is 16.6. The van der Waals surface area contributed by atoms with Gasteiger partial charge in [-0.3, -0.25) is 14.4 Å². The molecular formula is C68H128O6. The van der Waals surface area contributed by atoms with Crippen molar-refractivity contribution in [1.29, 1.82) is 0 Å².